The van der Waals surface area contributed by atoms with E-state index in [1.165, 1.54) is 15.2 Å². The number of rotatable bonds is 4. The molecule has 0 saturated heterocycles. The van der Waals surface area contributed by atoms with Crippen molar-refractivity contribution < 1.29 is 0 Å². The number of benzene rings is 1. The fourth-order valence-corrected chi connectivity index (χ4v) is 2.06. The van der Waals surface area contributed by atoms with Crippen LogP contribution in [0, 0.1) is 0 Å². The van der Waals surface area contributed by atoms with Crippen molar-refractivity contribution in [2.24, 2.45) is 15.9 Å². The third-order valence-corrected chi connectivity index (χ3v) is 3.50. The number of aromatic amines is 1. The monoisotopic (exact) mass is 407 g/mol. The summed E-state index contributed by atoms with van der Waals surface area (Å²) in [7, 11) is 5.60. The molecule has 2 radical (unpaired) electrons. The molecule has 0 saturated carbocycles. The second-order valence-corrected chi connectivity index (χ2v) is 5.38. The largest absolute Gasteiger partial charge is 0.337 e. The number of aromatic nitrogens is 2. The highest BCUT2D eigenvalue weighted by Gasteiger charge is 2.08. The Morgan fingerprint density at radius 1 is 1.36 bits per heavy atom. The van der Waals surface area contributed by atoms with Crippen LogP contribution in [0.5, 0.6) is 0 Å². The summed E-state index contributed by atoms with van der Waals surface area (Å²) in [4.78, 5) is 29.5. The number of aliphatic imine (C=N–C) groups is 1. The van der Waals surface area contributed by atoms with Gasteiger partial charge < -0.3 is 5.84 Å². The van der Waals surface area contributed by atoms with Crippen molar-refractivity contribution >= 4 is 48.1 Å². The van der Waals surface area contributed by atoms with Gasteiger partial charge in [-0.1, -0.05) is 29.7 Å². The molecule has 22 heavy (non-hydrogen) atoms. The number of hydrazone groups is 1. The summed E-state index contributed by atoms with van der Waals surface area (Å²) in [6.45, 7) is 0.390. The van der Waals surface area contributed by atoms with Crippen molar-refractivity contribution in [1.29, 1.82) is 0 Å². The normalized spacial score (nSPS) is 12.0. The minimum atomic E-state index is -0.568. The predicted molar refractivity (Wildman–Crippen MR) is 95.5 cm³/mol. The van der Waals surface area contributed by atoms with Gasteiger partial charge in [0.2, 0.25) is 0 Å². The molecule has 1 heterocycles. The van der Waals surface area contributed by atoms with E-state index in [-0.39, 0.29) is 11.3 Å². The van der Waals surface area contributed by atoms with Gasteiger partial charge in [-0.25, -0.2) is 7.58 Å². The van der Waals surface area contributed by atoms with Crippen LogP contribution in [0.1, 0.15) is 11.1 Å². The zero-order valence-corrected chi connectivity index (χ0v) is 13.5. The third kappa shape index (κ3) is 3.94. The highest BCUT2D eigenvalue weighted by atomic mass is 127. The van der Waals surface area contributed by atoms with Gasteiger partial charge in [0.05, 0.1) is 41.2 Å². The van der Waals surface area contributed by atoms with Crippen LogP contribution in [-0.4, -0.2) is 27.5 Å². The summed E-state index contributed by atoms with van der Waals surface area (Å²) >= 11 is 1.75. The molecule has 0 aliphatic heterocycles. The van der Waals surface area contributed by atoms with Crippen LogP contribution in [0.2, 0.25) is 0 Å². The third-order valence-electron chi connectivity index (χ3n) is 2.78. The van der Waals surface area contributed by atoms with Gasteiger partial charge in [0.1, 0.15) is 13.6 Å². The number of hydrogen-bond acceptors (Lipinski definition) is 5. The van der Waals surface area contributed by atoms with Crippen LogP contribution in [-0.2, 0) is 6.54 Å². The van der Waals surface area contributed by atoms with E-state index in [0.29, 0.717) is 12.0 Å². The molecule has 9 heteroatoms. The van der Waals surface area contributed by atoms with Crippen LogP contribution in [0.4, 0.5) is 0 Å². The fourth-order valence-electron chi connectivity index (χ4n) is 1.66. The Morgan fingerprint density at radius 3 is 2.68 bits per heavy atom. The van der Waals surface area contributed by atoms with E-state index < -0.39 is 11.2 Å². The molecule has 110 valence electrons. The second kappa shape index (κ2) is 7.21. The lowest BCUT2D eigenvalue weighted by Gasteiger charge is -2.01. The zero-order chi connectivity index (χ0) is 16.1. The van der Waals surface area contributed by atoms with Crippen molar-refractivity contribution in [3.63, 3.8) is 0 Å². The molecule has 0 amide bonds. The summed E-state index contributed by atoms with van der Waals surface area (Å²) in [6, 6.07) is 7.26. The van der Waals surface area contributed by atoms with Gasteiger partial charge in [0.25, 0.3) is 5.56 Å². The number of hydrogen-bond donors (Lipinski definition) is 2. The standard InChI is InChI=1S/C13H11BIN5O2/c14-9-3-1-8(2-4-9)5-17-6-11(19-16)10-7-20(15)13(22)18-12(10)21/h1-4,6-7H,5,16H2,(H,18,21,22). The summed E-state index contributed by atoms with van der Waals surface area (Å²) < 4.78 is 1.20. The van der Waals surface area contributed by atoms with E-state index in [1.54, 1.807) is 35.0 Å². The van der Waals surface area contributed by atoms with E-state index in [9.17, 15) is 9.59 Å². The smallest absolute Gasteiger partial charge is 0.323 e. The highest BCUT2D eigenvalue weighted by Crippen LogP contribution is 1.99. The van der Waals surface area contributed by atoms with Crippen molar-refractivity contribution in [3.8, 4) is 0 Å². The van der Waals surface area contributed by atoms with Crippen molar-refractivity contribution in [2.75, 3.05) is 0 Å². The molecular formula is C13H11BIN5O2. The average molecular weight is 407 g/mol. The van der Waals surface area contributed by atoms with Gasteiger partial charge in [-0.05, 0) is 5.56 Å². The number of halogens is 1. The van der Waals surface area contributed by atoms with E-state index in [0.717, 1.165) is 5.56 Å². The number of nitrogens with one attached hydrogen (secondary N) is 1. The van der Waals surface area contributed by atoms with E-state index in [2.05, 4.69) is 15.1 Å². The lowest BCUT2D eigenvalue weighted by atomic mass is 9.95. The first-order chi connectivity index (χ1) is 10.5. The Morgan fingerprint density at radius 2 is 2.05 bits per heavy atom. The first-order valence-corrected chi connectivity index (χ1v) is 7.12. The van der Waals surface area contributed by atoms with Crippen LogP contribution in [0.3, 0.4) is 0 Å². The Bertz CT molecular complexity index is 839. The quantitative estimate of drug-likeness (QED) is 0.234. The van der Waals surface area contributed by atoms with Crippen molar-refractivity contribution in [3.05, 3.63) is 62.4 Å². The van der Waals surface area contributed by atoms with Gasteiger partial charge in [-0.15, -0.1) is 0 Å². The van der Waals surface area contributed by atoms with E-state index in [1.807, 2.05) is 12.1 Å². The summed E-state index contributed by atoms with van der Waals surface area (Å²) in [5, 5.41) is 3.54. The summed E-state index contributed by atoms with van der Waals surface area (Å²) in [5.74, 6) is 5.30. The molecule has 7 nitrogen and oxygen atoms in total. The molecule has 0 bridgehead atoms. The highest BCUT2D eigenvalue weighted by molar-refractivity contribution is 14.1. The topological polar surface area (TPSA) is 106 Å². The molecule has 0 spiro atoms. The second-order valence-electron chi connectivity index (χ2n) is 4.34. The predicted octanol–water partition coefficient (Wildman–Crippen LogP) is -0.538. The molecule has 3 N–H and O–H groups in total. The molecule has 0 aliphatic carbocycles. The van der Waals surface area contributed by atoms with Gasteiger partial charge in [0, 0.05) is 6.20 Å². The lowest BCUT2D eigenvalue weighted by Crippen LogP contribution is -2.31. The molecule has 0 aliphatic rings. The maximum absolute atomic E-state index is 11.8. The molecular weight excluding hydrogens is 396 g/mol. The van der Waals surface area contributed by atoms with Crippen molar-refractivity contribution in [2.45, 2.75) is 6.54 Å². The zero-order valence-electron chi connectivity index (χ0n) is 11.4. The molecule has 2 aromatic rings. The fraction of sp³-hybridized carbons (Fsp3) is 0.0769. The summed E-state index contributed by atoms with van der Waals surface area (Å²) in [5.41, 5.74) is 0.882. The van der Waals surface area contributed by atoms with Gasteiger partial charge in [-0.3, -0.25) is 14.8 Å². The minimum Gasteiger partial charge on any atom is -0.323 e. The maximum atomic E-state index is 11.8. The lowest BCUT2D eigenvalue weighted by molar-refractivity contribution is 1.01. The molecule has 2 rings (SSSR count). The Balaban J connectivity index is 2.21. The van der Waals surface area contributed by atoms with E-state index >= 15 is 0 Å². The van der Waals surface area contributed by atoms with Gasteiger partial charge in [0.15, 0.2) is 0 Å². The first-order valence-electron chi connectivity index (χ1n) is 6.16. The van der Waals surface area contributed by atoms with Crippen LogP contribution < -0.4 is 22.6 Å². The number of nitrogens with zero attached hydrogens (tertiary/aromatic N) is 3. The molecule has 0 atom stereocenters. The average Bonchev–Trinajstić information content (AvgIpc) is 2.50. The minimum absolute atomic E-state index is 0.164. The first kappa shape index (κ1) is 16.2. The van der Waals surface area contributed by atoms with Crippen LogP contribution in [0.25, 0.3) is 0 Å². The molecule has 0 fully saturated rings. The Hall–Kier alpha value is -2.17. The SMILES string of the molecule is [B]c1ccc(CN=CC(=NN)c2cn(I)c(=O)[nH]c2=O)cc1. The van der Waals surface area contributed by atoms with E-state index in [4.69, 9.17) is 13.7 Å². The van der Waals surface area contributed by atoms with Gasteiger partial charge >= 0.3 is 5.69 Å². The molecule has 1 aromatic carbocycles. The van der Waals surface area contributed by atoms with Crippen LogP contribution >= 0.6 is 22.9 Å². The van der Waals surface area contributed by atoms with Crippen molar-refractivity contribution in [1.82, 2.24) is 7.76 Å². The van der Waals surface area contributed by atoms with Gasteiger partial charge in [-0.2, -0.15) is 5.10 Å². The molecule has 1 aromatic heterocycles. The maximum Gasteiger partial charge on any atom is 0.337 e. The summed E-state index contributed by atoms with van der Waals surface area (Å²) in [6.07, 6.45) is 2.74. The van der Waals surface area contributed by atoms with Crippen LogP contribution in [0.15, 0.2) is 50.1 Å². The number of nitrogens with two attached hydrogens (primary N) is 1. The number of H-pyrrole nitrogens is 1. The molecule has 0 unspecified atom stereocenters. The Labute approximate surface area is 140 Å². The Kier molecular flexibility index (Phi) is 5.31.